The second-order valence-corrected chi connectivity index (χ2v) is 5.25. The fraction of sp³-hybridized carbons (Fsp3) is 0.400. The van der Waals surface area contributed by atoms with Gasteiger partial charge in [-0.1, -0.05) is 31.2 Å². The number of nitrogens with zero attached hydrogens (tertiary/aromatic N) is 1. The van der Waals surface area contributed by atoms with Crippen LogP contribution in [0.4, 0.5) is 0 Å². The molecule has 94 valence electrons. The number of rotatable bonds is 2. The van der Waals surface area contributed by atoms with Gasteiger partial charge in [0.2, 0.25) is 0 Å². The summed E-state index contributed by atoms with van der Waals surface area (Å²) in [4.78, 5) is 0. The van der Waals surface area contributed by atoms with Gasteiger partial charge in [-0.3, -0.25) is 5.10 Å². The zero-order valence-corrected chi connectivity index (χ0v) is 10.7. The zero-order valence-electron chi connectivity index (χ0n) is 10.7. The summed E-state index contributed by atoms with van der Waals surface area (Å²) in [5.74, 6) is 0.812. The molecular weight excluding hydrogens is 222 g/mol. The Morgan fingerprint density at radius 2 is 1.94 bits per heavy atom. The first-order valence-electron chi connectivity index (χ1n) is 6.65. The molecule has 0 spiro atoms. The summed E-state index contributed by atoms with van der Waals surface area (Å²) in [5.41, 5.74) is 3.76. The number of hydrogen-bond donors (Lipinski definition) is 2. The lowest BCUT2D eigenvalue weighted by molar-refractivity contribution is 0.333. The molecule has 2 aromatic rings. The Hall–Kier alpha value is -1.61. The van der Waals surface area contributed by atoms with Crippen LogP contribution >= 0.6 is 0 Å². The van der Waals surface area contributed by atoms with Crippen LogP contribution in [0.3, 0.4) is 0 Å². The molecule has 2 N–H and O–H groups in total. The van der Waals surface area contributed by atoms with Gasteiger partial charge in [-0.25, -0.2) is 0 Å². The van der Waals surface area contributed by atoms with E-state index in [1.807, 2.05) is 12.4 Å². The first-order valence-corrected chi connectivity index (χ1v) is 6.65. The summed E-state index contributed by atoms with van der Waals surface area (Å²) in [6, 6.07) is 9.35. The first-order chi connectivity index (χ1) is 8.83. The van der Waals surface area contributed by atoms with Crippen LogP contribution in [0.2, 0.25) is 0 Å². The van der Waals surface area contributed by atoms with Gasteiger partial charge in [-0.05, 0) is 36.4 Å². The first kappa shape index (κ1) is 11.5. The molecule has 0 amide bonds. The Labute approximate surface area is 108 Å². The van der Waals surface area contributed by atoms with E-state index in [1.165, 1.54) is 24.0 Å². The van der Waals surface area contributed by atoms with E-state index in [9.17, 15) is 0 Å². The van der Waals surface area contributed by atoms with E-state index in [4.69, 9.17) is 0 Å². The predicted octanol–water partition coefficient (Wildman–Crippen LogP) is 3.14. The molecular formula is C15H19N3. The minimum Gasteiger partial charge on any atom is -0.310 e. The van der Waals surface area contributed by atoms with Crippen LogP contribution in [0.15, 0.2) is 36.7 Å². The van der Waals surface area contributed by atoms with Crippen molar-refractivity contribution in [2.75, 3.05) is 6.54 Å². The van der Waals surface area contributed by atoms with Crippen molar-refractivity contribution < 1.29 is 0 Å². The summed E-state index contributed by atoms with van der Waals surface area (Å²) >= 11 is 0. The zero-order chi connectivity index (χ0) is 12.4. The van der Waals surface area contributed by atoms with Crippen LogP contribution in [0.1, 0.15) is 31.4 Å². The molecule has 0 aliphatic carbocycles. The van der Waals surface area contributed by atoms with Gasteiger partial charge in [-0.2, -0.15) is 5.10 Å². The van der Waals surface area contributed by atoms with E-state index in [2.05, 4.69) is 46.7 Å². The fourth-order valence-electron chi connectivity index (χ4n) is 2.60. The van der Waals surface area contributed by atoms with Crippen LogP contribution in [0.25, 0.3) is 11.1 Å². The molecule has 3 nitrogen and oxygen atoms in total. The smallest absolute Gasteiger partial charge is 0.0565 e. The molecule has 3 rings (SSSR count). The highest BCUT2D eigenvalue weighted by molar-refractivity contribution is 5.61. The van der Waals surface area contributed by atoms with E-state index in [0.717, 1.165) is 18.0 Å². The van der Waals surface area contributed by atoms with Gasteiger partial charge < -0.3 is 5.32 Å². The van der Waals surface area contributed by atoms with Crippen molar-refractivity contribution in [3.05, 3.63) is 42.2 Å². The lowest BCUT2D eigenvalue weighted by Gasteiger charge is -2.28. The standard InChI is InChI=1S/C15H19N3/c1-11-2-7-15(16-8-11)13-5-3-12(4-6-13)14-9-17-18-10-14/h3-6,9-11,15-16H,2,7-8H2,1H3,(H,17,18)/t11-,15+/m1/s1. The van der Waals surface area contributed by atoms with Gasteiger partial charge >= 0.3 is 0 Å². The highest BCUT2D eigenvalue weighted by Crippen LogP contribution is 2.27. The molecule has 0 unspecified atom stereocenters. The third kappa shape index (κ3) is 2.31. The van der Waals surface area contributed by atoms with Crippen LogP contribution < -0.4 is 5.32 Å². The highest BCUT2D eigenvalue weighted by Gasteiger charge is 2.18. The molecule has 18 heavy (non-hydrogen) atoms. The molecule has 1 fully saturated rings. The SMILES string of the molecule is C[C@@H]1CC[C@@H](c2ccc(-c3cn[nH]c3)cc2)NC1. The Morgan fingerprint density at radius 3 is 2.56 bits per heavy atom. The topological polar surface area (TPSA) is 40.7 Å². The molecule has 0 saturated carbocycles. The van der Waals surface area contributed by atoms with Gasteiger partial charge in [0.15, 0.2) is 0 Å². The third-order valence-electron chi connectivity index (χ3n) is 3.81. The van der Waals surface area contributed by atoms with E-state index in [-0.39, 0.29) is 0 Å². The van der Waals surface area contributed by atoms with Crippen LogP contribution in [-0.2, 0) is 0 Å². The molecule has 0 radical (unpaired) electrons. The Bertz CT molecular complexity index is 479. The van der Waals surface area contributed by atoms with E-state index in [1.54, 1.807) is 0 Å². The van der Waals surface area contributed by atoms with Crippen molar-refractivity contribution >= 4 is 0 Å². The van der Waals surface area contributed by atoms with Crippen molar-refractivity contribution in [3.63, 3.8) is 0 Å². The summed E-state index contributed by atoms with van der Waals surface area (Å²) in [5, 5.41) is 10.5. The van der Waals surface area contributed by atoms with Crippen molar-refractivity contribution in [3.8, 4) is 11.1 Å². The molecule has 2 atom stereocenters. The lowest BCUT2D eigenvalue weighted by Crippen LogP contribution is -2.31. The minimum atomic E-state index is 0.527. The number of piperidine rings is 1. The number of aromatic amines is 1. The minimum absolute atomic E-state index is 0.527. The van der Waals surface area contributed by atoms with Gasteiger partial charge in [0.25, 0.3) is 0 Å². The monoisotopic (exact) mass is 241 g/mol. The third-order valence-corrected chi connectivity index (χ3v) is 3.81. The number of benzene rings is 1. The van der Waals surface area contributed by atoms with Gasteiger partial charge in [0, 0.05) is 17.8 Å². The highest BCUT2D eigenvalue weighted by atomic mass is 15.1. The van der Waals surface area contributed by atoms with Gasteiger partial charge in [-0.15, -0.1) is 0 Å². The maximum absolute atomic E-state index is 3.98. The summed E-state index contributed by atoms with van der Waals surface area (Å²) in [7, 11) is 0. The summed E-state index contributed by atoms with van der Waals surface area (Å²) in [6.45, 7) is 3.44. The van der Waals surface area contributed by atoms with Crippen molar-refractivity contribution in [1.29, 1.82) is 0 Å². The number of aromatic nitrogens is 2. The van der Waals surface area contributed by atoms with Crippen molar-refractivity contribution in [1.82, 2.24) is 15.5 Å². The van der Waals surface area contributed by atoms with Crippen molar-refractivity contribution in [2.45, 2.75) is 25.8 Å². The normalized spacial score (nSPS) is 24.1. The molecule has 1 saturated heterocycles. The Morgan fingerprint density at radius 1 is 1.11 bits per heavy atom. The summed E-state index contributed by atoms with van der Waals surface area (Å²) < 4.78 is 0. The van der Waals surface area contributed by atoms with Crippen LogP contribution in [0, 0.1) is 5.92 Å². The number of H-pyrrole nitrogens is 1. The van der Waals surface area contributed by atoms with E-state index in [0.29, 0.717) is 6.04 Å². The van der Waals surface area contributed by atoms with Gasteiger partial charge in [0.1, 0.15) is 0 Å². The van der Waals surface area contributed by atoms with Gasteiger partial charge in [0.05, 0.1) is 6.20 Å². The summed E-state index contributed by atoms with van der Waals surface area (Å²) in [6.07, 6.45) is 6.35. The quantitative estimate of drug-likeness (QED) is 0.848. The molecule has 1 aromatic heterocycles. The number of nitrogens with one attached hydrogen (secondary N) is 2. The molecule has 0 bridgehead atoms. The Kier molecular flexibility index (Phi) is 3.15. The predicted molar refractivity (Wildman–Crippen MR) is 73.2 cm³/mol. The molecule has 1 aliphatic heterocycles. The second kappa shape index (κ2) is 4.94. The molecule has 1 aliphatic rings. The lowest BCUT2D eigenvalue weighted by atomic mass is 9.91. The molecule has 2 heterocycles. The van der Waals surface area contributed by atoms with Crippen LogP contribution in [0.5, 0.6) is 0 Å². The molecule has 3 heteroatoms. The maximum atomic E-state index is 3.98. The van der Waals surface area contributed by atoms with E-state index < -0.39 is 0 Å². The molecule has 1 aromatic carbocycles. The van der Waals surface area contributed by atoms with E-state index >= 15 is 0 Å². The maximum Gasteiger partial charge on any atom is 0.0565 e. The Balaban J connectivity index is 1.75. The second-order valence-electron chi connectivity index (χ2n) is 5.25. The van der Waals surface area contributed by atoms with Crippen LogP contribution in [-0.4, -0.2) is 16.7 Å². The largest absolute Gasteiger partial charge is 0.310 e. The average molecular weight is 241 g/mol. The number of hydrogen-bond acceptors (Lipinski definition) is 2. The van der Waals surface area contributed by atoms with Crippen molar-refractivity contribution in [2.24, 2.45) is 5.92 Å². The average Bonchev–Trinajstić information content (AvgIpc) is 2.94. The fourth-order valence-corrected chi connectivity index (χ4v) is 2.60.